The van der Waals surface area contributed by atoms with Gasteiger partial charge in [-0.25, -0.2) is 9.59 Å². The molecule has 1 amide bonds. The number of fused-ring (bicyclic) bond motifs is 1. The van der Waals surface area contributed by atoms with Gasteiger partial charge in [-0.15, -0.1) is 11.8 Å². The van der Waals surface area contributed by atoms with Gasteiger partial charge in [0.05, 0.1) is 23.1 Å². The Balaban J connectivity index is 1.54. The molecule has 2 aromatic carbocycles. The van der Waals surface area contributed by atoms with Gasteiger partial charge >= 0.3 is 12.1 Å². The van der Waals surface area contributed by atoms with Gasteiger partial charge in [-0.2, -0.15) is 0 Å². The molecule has 8 heteroatoms. The van der Waals surface area contributed by atoms with Gasteiger partial charge in [0.2, 0.25) is 5.91 Å². The van der Waals surface area contributed by atoms with Gasteiger partial charge < -0.3 is 14.2 Å². The molecule has 33 heavy (non-hydrogen) atoms. The van der Waals surface area contributed by atoms with Crippen LogP contribution in [0.1, 0.15) is 37.5 Å². The summed E-state index contributed by atoms with van der Waals surface area (Å²) in [5, 5.41) is -0.119. The number of carbonyl (C=O) groups is 3. The third-order valence-corrected chi connectivity index (χ3v) is 7.06. The maximum Gasteiger partial charge on any atom is 0.511 e. The number of benzene rings is 2. The summed E-state index contributed by atoms with van der Waals surface area (Å²) < 4.78 is 15.6. The van der Waals surface area contributed by atoms with E-state index in [9.17, 15) is 14.4 Å². The van der Waals surface area contributed by atoms with Crippen LogP contribution in [0, 0.1) is 0 Å². The summed E-state index contributed by atoms with van der Waals surface area (Å²) in [4.78, 5) is 38.6. The molecule has 0 bridgehead atoms. The zero-order chi connectivity index (χ0) is 23.4. The number of β-lactam (4-membered cyclic amide) rings is 1. The van der Waals surface area contributed by atoms with Gasteiger partial charge in [0.1, 0.15) is 0 Å². The van der Waals surface area contributed by atoms with E-state index in [1.165, 1.54) is 22.7 Å². The lowest BCUT2D eigenvalue weighted by molar-refractivity contribution is -0.157. The first-order valence-corrected chi connectivity index (χ1v) is 11.6. The van der Waals surface area contributed by atoms with Crippen LogP contribution >= 0.6 is 11.8 Å². The van der Waals surface area contributed by atoms with Crippen LogP contribution < -0.4 is 0 Å². The highest BCUT2D eigenvalue weighted by Gasteiger charge is 2.59. The molecule has 0 N–H and O–H groups in total. The van der Waals surface area contributed by atoms with Crippen molar-refractivity contribution < 1.29 is 28.6 Å². The molecule has 2 heterocycles. The van der Waals surface area contributed by atoms with E-state index >= 15 is 0 Å². The summed E-state index contributed by atoms with van der Waals surface area (Å²) in [5.74, 6) is -0.601. The summed E-state index contributed by atoms with van der Waals surface area (Å²) in [6.07, 6.45) is 0.835. The molecule has 0 aromatic heterocycles. The van der Waals surface area contributed by atoms with E-state index in [4.69, 9.17) is 14.2 Å². The molecular weight excluding hydrogens is 442 g/mol. The van der Waals surface area contributed by atoms with Gasteiger partial charge in [-0.1, -0.05) is 66.7 Å². The third-order valence-electron chi connectivity index (χ3n) is 5.54. The fourth-order valence-electron chi connectivity index (χ4n) is 3.93. The molecule has 0 radical (unpaired) electrons. The number of rotatable bonds is 7. The van der Waals surface area contributed by atoms with Crippen molar-refractivity contribution in [2.45, 2.75) is 42.7 Å². The molecule has 2 saturated heterocycles. The van der Waals surface area contributed by atoms with Crippen molar-refractivity contribution in [1.29, 1.82) is 0 Å². The molecule has 7 nitrogen and oxygen atoms in total. The maximum atomic E-state index is 13.0. The van der Waals surface area contributed by atoms with E-state index in [-0.39, 0.29) is 17.9 Å². The summed E-state index contributed by atoms with van der Waals surface area (Å²) in [7, 11) is 0. The Kier molecular flexibility index (Phi) is 6.74. The Hall–Kier alpha value is -3.26. The number of carbonyl (C=O) groups excluding carboxylic acids is 3. The molecular formula is C25H25NO6S. The lowest BCUT2D eigenvalue weighted by Crippen LogP contribution is -2.55. The molecule has 0 aliphatic carbocycles. The molecule has 2 aliphatic heterocycles. The molecule has 3 atom stereocenters. The second-order valence-corrected chi connectivity index (χ2v) is 9.55. The Morgan fingerprint density at radius 1 is 1.12 bits per heavy atom. The summed E-state index contributed by atoms with van der Waals surface area (Å²) in [5.41, 5.74) is 1.59. The first kappa shape index (κ1) is 22.9. The normalized spacial score (nSPS) is 23.8. The van der Waals surface area contributed by atoms with Gasteiger partial charge in [0.15, 0.2) is 12.3 Å². The quantitative estimate of drug-likeness (QED) is 0.338. The number of thioether (sulfide) groups is 1. The monoisotopic (exact) mass is 467 g/mol. The van der Waals surface area contributed by atoms with Gasteiger partial charge in [-0.3, -0.25) is 9.69 Å². The molecule has 4 rings (SSSR count). The van der Waals surface area contributed by atoms with Crippen LogP contribution in [0.2, 0.25) is 0 Å². The van der Waals surface area contributed by atoms with Gasteiger partial charge in [0.25, 0.3) is 0 Å². The summed E-state index contributed by atoms with van der Waals surface area (Å²) >= 11 is 1.47. The largest absolute Gasteiger partial charge is 0.511 e. The summed E-state index contributed by atoms with van der Waals surface area (Å²) in [6.45, 7) is 3.80. The predicted molar refractivity (Wildman–Crippen MR) is 123 cm³/mol. The minimum absolute atomic E-state index is 0.110. The molecule has 0 saturated carbocycles. The van der Waals surface area contributed by atoms with Crippen molar-refractivity contribution in [2.75, 3.05) is 6.61 Å². The molecule has 0 spiro atoms. The van der Waals surface area contributed by atoms with Crippen molar-refractivity contribution in [2.24, 2.45) is 0 Å². The highest BCUT2D eigenvalue weighted by atomic mass is 32.2. The topological polar surface area (TPSA) is 82.1 Å². The number of hydrogen-bond donors (Lipinski definition) is 0. The first-order chi connectivity index (χ1) is 15.9. The second kappa shape index (κ2) is 9.70. The minimum atomic E-state index is -0.904. The Labute approximate surface area is 196 Å². The van der Waals surface area contributed by atoms with E-state index in [2.05, 4.69) is 0 Å². The highest BCUT2D eigenvalue weighted by Crippen LogP contribution is 2.52. The van der Waals surface area contributed by atoms with Crippen LogP contribution in [0.15, 0.2) is 72.8 Å². The fourth-order valence-corrected chi connectivity index (χ4v) is 5.51. The SMILES string of the molecule is CCOC(=O)/C=C/[C@]1(C)S[C@@H]2CC(=O)N2[C@H]1OC(=O)OC(c1ccccc1)c1ccccc1. The molecule has 0 unspecified atom stereocenters. The first-order valence-electron chi connectivity index (χ1n) is 10.7. The van der Waals surface area contributed by atoms with E-state index < -0.39 is 29.2 Å². The highest BCUT2D eigenvalue weighted by molar-refractivity contribution is 8.01. The van der Waals surface area contributed by atoms with Crippen LogP contribution in [-0.2, 0) is 23.8 Å². The van der Waals surface area contributed by atoms with Crippen molar-refractivity contribution in [3.8, 4) is 0 Å². The molecule has 172 valence electrons. The average Bonchev–Trinajstić information content (AvgIpc) is 3.03. The second-order valence-electron chi connectivity index (χ2n) is 7.89. The van der Waals surface area contributed by atoms with Crippen LogP contribution in [0.5, 0.6) is 0 Å². The zero-order valence-electron chi connectivity index (χ0n) is 18.4. The summed E-state index contributed by atoms with van der Waals surface area (Å²) in [6, 6.07) is 18.7. The standard InChI is InChI=1S/C25H25NO6S/c1-3-30-21(28)14-15-25(2)23(26-19(27)16-20(26)33-25)32-24(29)31-22(17-10-6-4-7-11-17)18-12-8-5-9-13-18/h4-15,20,22-23H,3,16H2,1-2H3/b15-14+/t20-,23+,25+/m1/s1. The lowest BCUT2D eigenvalue weighted by atomic mass is 10.0. The maximum absolute atomic E-state index is 13.0. The molecule has 2 aromatic rings. The van der Waals surface area contributed by atoms with E-state index in [1.807, 2.05) is 67.6 Å². The minimum Gasteiger partial charge on any atom is -0.463 e. The van der Waals surface area contributed by atoms with E-state index in [0.717, 1.165) is 11.1 Å². The Morgan fingerprint density at radius 3 is 2.27 bits per heavy atom. The van der Waals surface area contributed by atoms with Crippen molar-refractivity contribution >= 4 is 29.8 Å². The Bertz CT molecular complexity index is 1000. The molecule has 2 aliphatic rings. The van der Waals surface area contributed by atoms with Crippen molar-refractivity contribution in [1.82, 2.24) is 4.90 Å². The van der Waals surface area contributed by atoms with E-state index in [0.29, 0.717) is 6.42 Å². The Morgan fingerprint density at radius 2 is 1.73 bits per heavy atom. The number of amides is 1. The molecule has 2 fully saturated rings. The third kappa shape index (κ3) is 4.90. The van der Waals surface area contributed by atoms with Crippen LogP contribution in [0.3, 0.4) is 0 Å². The zero-order valence-corrected chi connectivity index (χ0v) is 19.2. The van der Waals surface area contributed by atoms with Crippen LogP contribution in [-0.4, -0.2) is 45.9 Å². The average molecular weight is 468 g/mol. The van der Waals surface area contributed by atoms with E-state index in [1.54, 1.807) is 13.0 Å². The predicted octanol–water partition coefficient (Wildman–Crippen LogP) is 4.44. The lowest BCUT2D eigenvalue weighted by Gasteiger charge is -2.37. The number of nitrogens with zero attached hydrogens (tertiary/aromatic N) is 1. The van der Waals surface area contributed by atoms with Crippen LogP contribution in [0.4, 0.5) is 4.79 Å². The number of hydrogen-bond acceptors (Lipinski definition) is 7. The fraction of sp³-hybridized carbons (Fsp3) is 0.320. The van der Waals surface area contributed by atoms with Gasteiger partial charge in [-0.05, 0) is 25.0 Å². The van der Waals surface area contributed by atoms with Crippen molar-refractivity contribution in [3.05, 3.63) is 83.9 Å². The van der Waals surface area contributed by atoms with Crippen LogP contribution in [0.25, 0.3) is 0 Å². The smallest absolute Gasteiger partial charge is 0.463 e. The number of ether oxygens (including phenoxy) is 3. The van der Waals surface area contributed by atoms with Gasteiger partial charge in [0, 0.05) is 6.08 Å². The number of esters is 1. The van der Waals surface area contributed by atoms with Crippen molar-refractivity contribution in [3.63, 3.8) is 0 Å².